The van der Waals surface area contributed by atoms with E-state index in [1.165, 1.54) is 12.1 Å². The van der Waals surface area contributed by atoms with E-state index in [4.69, 9.17) is 5.73 Å². The van der Waals surface area contributed by atoms with Gasteiger partial charge in [0.15, 0.2) is 5.78 Å². The van der Waals surface area contributed by atoms with Crippen molar-refractivity contribution in [3.63, 3.8) is 0 Å². The fourth-order valence-electron chi connectivity index (χ4n) is 1.14. The second kappa shape index (κ2) is 5.11. The van der Waals surface area contributed by atoms with Crippen molar-refractivity contribution in [3.05, 3.63) is 47.7 Å². The van der Waals surface area contributed by atoms with Gasteiger partial charge in [-0.1, -0.05) is 12.1 Å². The van der Waals surface area contributed by atoms with Crippen molar-refractivity contribution < 1.29 is 9.59 Å². The average molecular weight is 218 g/mol. The molecule has 0 atom stereocenters. The van der Waals surface area contributed by atoms with Crippen LogP contribution in [0.3, 0.4) is 0 Å². The lowest BCUT2D eigenvalue weighted by atomic mass is 10.1. The van der Waals surface area contributed by atoms with Crippen molar-refractivity contribution in [1.29, 1.82) is 0 Å². The van der Waals surface area contributed by atoms with Crippen molar-refractivity contribution in [3.8, 4) is 0 Å². The molecule has 84 valence electrons. The van der Waals surface area contributed by atoms with Crippen molar-refractivity contribution in [2.24, 2.45) is 5.73 Å². The van der Waals surface area contributed by atoms with E-state index in [-0.39, 0.29) is 5.78 Å². The second-order valence-electron chi connectivity index (χ2n) is 3.59. The summed E-state index contributed by atoms with van der Waals surface area (Å²) in [5.74, 6) is -0.692. The smallest absolute Gasteiger partial charge is 0.248 e. The van der Waals surface area contributed by atoms with Gasteiger partial charge < -0.3 is 10.6 Å². The molecule has 0 heterocycles. The van der Waals surface area contributed by atoms with Crippen LogP contribution in [0, 0.1) is 0 Å². The van der Waals surface area contributed by atoms with Crippen molar-refractivity contribution in [2.75, 3.05) is 14.1 Å². The lowest BCUT2D eigenvalue weighted by Gasteiger charge is -2.03. The Hall–Kier alpha value is -2.10. The van der Waals surface area contributed by atoms with Crippen LogP contribution in [0.1, 0.15) is 20.7 Å². The molecule has 2 N–H and O–H groups in total. The average Bonchev–Trinajstić information content (AvgIpc) is 2.26. The number of allylic oxidation sites excluding steroid dienone is 1. The molecule has 0 aromatic heterocycles. The van der Waals surface area contributed by atoms with Gasteiger partial charge >= 0.3 is 0 Å². The minimum Gasteiger partial charge on any atom is -0.383 e. The minimum atomic E-state index is -0.536. The predicted octanol–water partition coefficient (Wildman–Crippen LogP) is 1.04. The van der Waals surface area contributed by atoms with Gasteiger partial charge in [0.1, 0.15) is 0 Å². The van der Waals surface area contributed by atoms with Gasteiger partial charge in [-0.2, -0.15) is 0 Å². The lowest BCUT2D eigenvalue weighted by molar-refractivity contribution is 0.1000. The summed E-state index contributed by atoms with van der Waals surface area (Å²) in [6.07, 6.45) is 3.10. The first-order valence-corrected chi connectivity index (χ1v) is 4.79. The third kappa shape index (κ3) is 3.24. The molecule has 0 aliphatic heterocycles. The predicted molar refractivity (Wildman–Crippen MR) is 62.1 cm³/mol. The highest BCUT2D eigenvalue weighted by molar-refractivity contribution is 6.06. The zero-order valence-electron chi connectivity index (χ0n) is 9.31. The number of nitrogens with zero attached hydrogens (tertiary/aromatic N) is 1. The molecule has 1 aromatic carbocycles. The molecule has 16 heavy (non-hydrogen) atoms. The minimum absolute atomic E-state index is 0.156. The van der Waals surface area contributed by atoms with Crippen LogP contribution in [-0.4, -0.2) is 30.7 Å². The summed E-state index contributed by atoms with van der Waals surface area (Å²) in [6.45, 7) is 0. The molecule has 1 rings (SSSR count). The Labute approximate surface area is 94.4 Å². The third-order valence-corrected chi connectivity index (χ3v) is 1.96. The molecule has 0 fully saturated rings. The Bertz CT molecular complexity index is 436. The third-order valence-electron chi connectivity index (χ3n) is 1.96. The van der Waals surface area contributed by atoms with E-state index in [0.29, 0.717) is 11.1 Å². The highest BCUT2D eigenvalue weighted by Crippen LogP contribution is 2.06. The van der Waals surface area contributed by atoms with E-state index >= 15 is 0 Å². The maximum atomic E-state index is 11.7. The molecule has 0 saturated carbocycles. The molecule has 0 spiro atoms. The van der Waals surface area contributed by atoms with E-state index in [1.54, 1.807) is 29.3 Å². The molecule has 0 aliphatic rings. The SMILES string of the molecule is CN(C)C=CC(=O)c1cccc(C(N)=O)c1. The number of benzene rings is 1. The van der Waals surface area contributed by atoms with Gasteiger partial charge in [0.2, 0.25) is 5.91 Å². The number of rotatable bonds is 4. The Morgan fingerprint density at radius 3 is 2.44 bits per heavy atom. The summed E-state index contributed by atoms with van der Waals surface area (Å²) in [5.41, 5.74) is 5.92. The molecule has 4 nitrogen and oxygen atoms in total. The number of primary amides is 1. The van der Waals surface area contributed by atoms with Crippen molar-refractivity contribution in [1.82, 2.24) is 4.90 Å². The van der Waals surface area contributed by atoms with Crippen molar-refractivity contribution >= 4 is 11.7 Å². The zero-order valence-corrected chi connectivity index (χ0v) is 9.31. The normalized spacial score (nSPS) is 10.4. The van der Waals surface area contributed by atoms with Crippen LogP contribution in [-0.2, 0) is 0 Å². The van der Waals surface area contributed by atoms with E-state index in [0.717, 1.165) is 0 Å². The van der Waals surface area contributed by atoms with E-state index in [2.05, 4.69) is 0 Å². The number of carbonyl (C=O) groups excluding carboxylic acids is 2. The number of nitrogens with two attached hydrogens (primary N) is 1. The Morgan fingerprint density at radius 2 is 1.88 bits per heavy atom. The molecular formula is C12H14N2O2. The van der Waals surface area contributed by atoms with Crippen LogP contribution in [0.15, 0.2) is 36.5 Å². The largest absolute Gasteiger partial charge is 0.383 e. The molecular weight excluding hydrogens is 204 g/mol. The van der Waals surface area contributed by atoms with Gasteiger partial charge in [0.05, 0.1) is 0 Å². The first kappa shape index (κ1) is 12.0. The van der Waals surface area contributed by atoms with E-state index in [1.807, 2.05) is 14.1 Å². The summed E-state index contributed by atoms with van der Waals surface area (Å²) in [7, 11) is 3.65. The summed E-state index contributed by atoms with van der Waals surface area (Å²) in [5, 5.41) is 0. The number of ketones is 1. The second-order valence-corrected chi connectivity index (χ2v) is 3.59. The van der Waals surface area contributed by atoms with E-state index < -0.39 is 5.91 Å². The summed E-state index contributed by atoms with van der Waals surface area (Å²) in [4.78, 5) is 24.3. The first-order chi connectivity index (χ1) is 7.50. The van der Waals surface area contributed by atoms with Gasteiger partial charge in [0, 0.05) is 37.5 Å². The quantitative estimate of drug-likeness (QED) is 0.606. The molecule has 0 bridgehead atoms. The monoisotopic (exact) mass is 218 g/mol. The standard InChI is InChI=1S/C12H14N2O2/c1-14(2)7-6-11(15)9-4-3-5-10(8-9)12(13)16/h3-8H,1-2H3,(H2,13,16). The summed E-state index contributed by atoms with van der Waals surface area (Å²) < 4.78 is 0. The number of carbonyl (C=O) groups is 2. The molecule has 1 amide bonds. The highest BCUT2D eigenvalue weighted by Gasteiger charge is 2.05. The van der Waals surface area contributed by atoms with Crippen LogP contribution in [0.5, 0.6) is 0 Å². The molecule has 4 heteroatoms. The zero-order chi connectivity index (χ0) is 12.1. The fraction of sp³-hybridized carbons (Fsp3) is 0.167. The Kier molecular flexibility index (Phi) is 3.83. The van der Waals surface area contributed by atoms with Gasteiger partial charge in [-0.25, -0.2) is 0 Å². The molecule has 0 unspecified atom stereocenters. The maximum Gasteiger partial charge on any atom is 0.248 e. The summed E-state index contributed by atoms with van der Waals surface area (Å²) in [6, 6.07) is 6.35. The van der Waals surface area contributed by atoms with Gasteiger partial charge in [0.25, 0.3) is 0 Å². The fourth-order valence-corrected chi connectivity index (χ4v) is 1.14. The first-order valence-electron chi connectivity index (χ1n) is 4.79. The van der Waals surface area contributed by atoms with Crippen LogP contribution in [0.4, 0.5) is 0 Å². The van der Waals surface area contributed by atoms with Crippen LogP contribution in [0.25, 0.3) is 0 Å². The lowest BCUT2D eigenvalue weighted by Crippen LogP contribution is -2.11. The van der Waals surface area contributed by atoms with E-state index in [9.17, 15) is 9.59 Å². The molecule has 0 radical (unpaired) electrons. The number of hydrogen-bond acceptors (Lipinski definition) is 3. The van der Waals surface area contributed by atoms with Crippen LogP contribution >= 0.6 is 0 Å². The maximum absolute atomic E-state index is 11.7. The molecule has 0 saturated heterocycles. The van der Waals surface area contributed by atoms with Crippen LogP contribution in [0.2, 0.25) is 0 Å². The van der Waals surface area contributed by atoms with Gasteiger partial charge in [-0.3, -0.25) is 9.59 Å². The molecule has 0 aliphatic carbocycles. The van der Waals surface area contributed by atoms with Crippen LogP contribution < -0.4 is 5.73 Å². The molecule has 1 aromatic rings. The Balaban J connectivity index is 2.92. The summed E-state index contributed by atoms with van der Waals surface area (Å²) >= 11 is 0. The topological polar surface area (TPSA) is 63.4 Å². The Morgan fingerprint density at radius 1 is 1.25 bits per heavy atom. The van der Waals surface area contributed by atoms with Crippen molar-refractivity contribution in [2.45, 2.75) is 0 Å². The highest BCUT2D eigenvalue weighted by atomic mass is 16.1. The van der Waals surface area contributed by atoms with Gasteiger partial charge in [-0.05, 0) is 12.1 Å². The number of hydrogen-bond donors (Lipinski definition) is 1. The number of amides is 1. The van der Waals surface area contributed by atoms with Gasteiger partial charge in [-0.15, -0.1) is 0 Å².